The lowest BCUT2D eigenvalue weighted by Gasteiger charge is -2.14. The predicted molar refractivity (Wildman–Crippen MR) is 110 cm³/mol. The van der Waals surface area contributed by atoms with Crippen LogP contribution in [0.1, 0.15) is 11.1 Å². The Hall–Kier alpha value is -2.16. The Labute approximate surface area is 178 Å². The number of hydrogen-bond acceptors (Lipinski definition) is 6. The highest BCUT2D eigenvalue weighted by Gasteiger charge is 2.35. The number of benzene rings is 2. The fourth-order valence-corrected chi connectivity index (χ4v) is 4.42. The van der Waals surface area contributed by atoms with Gasteiger partial charge in [-0.3, -0.25) is 14.5 Å². The number of amides is 2. The van der Waals surface area contributed by atoms with E-state index in [9.17, 15) is 9.59 Å². The molecule has 2 amide bonds. The lowest BCUT2D eigenvalue weighted by Crippen LogP contribution is -2.27. The maximum atomic E-state index is 12.8. The summed E-state index contributed by atoms with van der Waals surface area (Å²) in [6.07, 6.45) is 1.68. The van der Waals surface area contributed by atoms with Crippen molar-refractivity contribution in [2.75, 3.05) is 13.9 Å². The molecule has 0 aliphatic carbocycles. The van der Waals surface area contributed by atoms with E-state index in [-0.39, 0.29) is 24.5 Å². The minimum absolute atomic E-state index is 0.0593. The van der Waals surface area contributed by atoms with Crippen molar-refractivity contribution in [2.24, 2.45) is 0 Å². The fourth-order valence-electron chi connectivity index (χ4n) is 2.81. The molecule has 2 aliphatic rings. The smallest absolute Gasteiger partial charge is 0.293 e. The van der Waals surface area contributed by atoms with Gasteiger partial charge in [0.05, 0.1) is 23.0 Å². The molecule has 9 heteroatoms. The third kappa shape index (κ3) is 3.59. The Morgan fingerprint density at radius 1 is 1.25 bits per heavy atom. The van der Waals surface area contributed by atoms with Gasteiger partial charge in [-0.1, -0.05) is 17.7 Å². The molecule has 1 saturated heterocycles. The normalized spacial score (nSPS) is 17.0. The number of ether oxygens (including phenoxy) is 3. The van der Waals surface area contributed by atoms with Crippen molar-refractivity contribution in [3.8, 4) is 17.2 Å². The minimum Gasteiger partial charge on any atom is -0.496 e. The van der Waals surface area contributed by atoms with Gasteiger partial charge in [-0.25, -0.2) is 0 Å². The quantitative estimate of drug-likeness (QED) is 0.567. The number of carbonyl (C=O) groups is 2. The molecule has 2 heterocycles. The summed E-state index contributed by atoms with van der Waals surface area (Å²) < 4.78 is 16.6. The molecule has 1 fully saturated rings. The average Bonchev–Trinajstić information content (AvgIpc) is 3.21. The number of fused-ring (bicyclic) bond motifs is 1. The Balaban J connectivity index is 1.57. The van der Waals surface area contributed by atoms with Gasteiger partial charge >= 0.3 is 0 Å². The van der Waals surface area contributed by atoms with E-state index in [1.54, 1.807) is 31.4 Å². The van der Waals surface area contributed by atoms with Gasteiger partial charge in [0.1, 0.15) is 5.75 Å². The molecule has 0 aromatic heterocycles. The first-order valence-electron chi connectivity index (χ1n) is 8.13. The molecule has 2 aromatic rings. The zero-order valence-electron chi connectivity index (χ0n) is 14.5. The molecule has 0 spiro atoms. The van der Waals surface area contributed by atoms with E-state index in [0.717, 1.165) is 21.8 Å². The summed E-state index contributed by atoms with van der Waals surface area (Å²) >= 11 is 10.6. The van der Waals surface area contributed by atoms with E-state index in [2.05, 4.69) is 15.9 Å². The topological polar surface area (TPSA) is 65.1 Å². The molecule has 0 atom stereocenters. The van der Waals surface area contributed by atoms with Crippen molar-refractivity contribution in [2.45, 2.75) is 6.54 Å². The summed E-state index contributed by atoms with van der Waals surface area (Å²) in [4.78, 5) is 26.7. The van der Waals surface area contributed by atoms with Crippen molar-refractivity contribution in [1.29, 1.82) is 0 Å². The Morgan fingerprint density at radius 3 is 2.71 bits per heavy atom. The molecule has 2 aliphatic heterocycles. The summed E-state index contributed by atoms with van der Waals surface area (Å²) in [6.45, 7) is 0.181. The number of methoxy groups -OCH3 is 1. The Kier molecular flexibility index (Phi) is 5.27. The summed E-state index contributed by atoms with van der Waals surface area (Å²) in [5, 5.41) is 0.0592. The lowest BCUT2D eigenvalue weighted by atomic mass is 10.1. The predicted octanol–water partition coefficient (Wildman–Crippen LogP) is 5.08. The van der Waals surface area contributed by atoms with E-state index in [1.807, 2.05) is 12.1 Å². The highest BCUT2D eigenvalue weighted by molar-refractivity contribution is 9.10. The second-order valence-electron chi connectivity index (χ2n) is 5.96. The van der Waals surface area contributed by atoms with Crippen molar-refractivity contribution >= 4 is 56.5 Å². The number of imide groups is 1. The van der Waals surface area contributed by atoms with E-state index in [1.165, 1.54) is 4.90 Å². The van der Waals surface area contributed by atoms with E-state index < -0.39 is 0 Å². The first kappa shape index (κ1) is 19.2. The molecule has 4 rings (SSSR count). The molecule has 0 unspecified atom stereocenters. The first-order valence-corrected chi connectivity index (χ1v) is 10.1. The van der Waals surface area contributed by atoms with Crippen LogP contribution in [-0.2, 0) is 11.3 Å². The molecule has 0 saturated carbocycles. The molecular weight excluding hydrogens is 470 g/mol. The van der Waals surface area contributed by atoms with Crippen LogP contribution in [-0.4, -0.2) is 29.9 Å². The average molecular weight is 483 g/mol. The van der Waals surface area contributed by atoms with Gasteiger partial charge in [-0.15, -0.1) is 0 Å². The standard InChI is InChI=1S/C19H13BrClNO5S/c1-25-14-3-2-10(4-12(14)20)5-17-18(23)22(19(24)28-17)8-11-6-15-16(7-13(11)21)27-9-26-15/h2-7H,8-9H2,1H3/b17-5+. The van der Waals surface area contributed by atoms with Gasteiger partial charge in [0.15, 0.2) is 11.5 Å². The third-order valence-corrected chi connectivity index (χ3v) is 6.10. The van der Waals surface area contributed by atoms with Crippen LogP contribution in [0.4, 0.5) is 4.79 Å². The van der Waals surface area contributed by atoms with E-state index in [4.69, 9.17) is 25.8 Å². The minimum atomic E-state index is -0.365. The highest BCUT2D eigenvalue weighted by atomic mass is 79.9. The van der Waals surface area contributed by atoms with Crippen LogP contribution in [0, 0.1) is 0 Å². The maximum absolute atomic E-state index is 12.8. The molecule has 0 radical (unpaired) electrons. The second kappa shape index (κ2) is 7.69. The SMILES string of the molecule is COc1ccc(/C=C2/SC(=O)N(Cc3cc4c(cc3Cl)OCO4)C2=O)cc1Br. The number of nitrogens with zero attached hydrogens (tertiary/aromatic N) is 1. The number of hydrogen-bond donors (Lipinski definition) is 0. The van der Waals surface area contributed by atoms with Crippen LogP contribution in [0.2, 0.25) is 5.02 Å². The zero-order valence-corrected chi connectivity index (χ0v) is 17.7. The zero-order chi connectivity index (χ0) is 19.8. The molecular formula is C19H13BrClNO5S. The molecule has 0 N–H and O–H groups in total. The van der Waals surface area contributed by atoms with Gasteiger partial charge in [0, 0.05) is 11.1 Å². The van der Waals surface area contributed by atoms with Gasteiger partial charge in [0.25, 0.3) is 11.1 Å². The monoisotopic (exact) mass is 481 g/mol. The molecule has 6 nitrogen and oxygen atoms in total. The molecule has 28 heavy (non-hydrogen) atoms. The summed E-state index contributed by atoms with van der Waals surface area (Å²) in [5.74, 6) is 1.41. The largest absolute Gasteiger partial charge is 0.496 e. The Bertz CT molecular complexity index is 1030. The van der Waals surface area contributed by atoms with Crippen LogP contribution in [0.5, 0.6) is 17.2 Å². The number of halogens is 2. The van der Waals surface area contributed by atoms with Crippen molar-refractivity contribution in [3.63, 3.8) is 0 Å². The van der Waals surface area contributed by atoms with Gasteiger partial charge in [-0.2, -0.15) is 0 Å². The van der Waals surface area contributed by atoms with Crippen molar-refractivity contribution in [3.05, 3.63) is 55.9 Å². The van der Waals surface area contributed by atoms with E-state index in [0.29, 0.717) is 32.7 Å². The molecule has 144 valence electrons. The van der Waals surface area contributed by atoms with Crippen LogP contribution in [0.15, 0.2) is 39.7 Å². The lowest BCUT2D eigenvalue weighted by molar-refractivity contribution is -0.123. The summed E-state index contributed by atoms with van der Waals surface area (Å²) in [6, 6.07) is 8.74. The highest BCUT2D eigenvalue weighted by Crippen LogP contribution is 2.39. The summed E-state index contributed by atoms with van der Waals surface area (Å²) in [7, 11) is 1.58. The molecule has 2 aromatic carbocycles. The number of rotatable bonds is 4. The second-order valence-corrected chi connectivity index (χ2v) is 8.21. The molecule has 0 bridgehead atoms. The Morgan fingerprint density at radius 2 is 2.00 bits per heavy atom. The number of carbonyl (C=O) groups excluding carboxylic acids is 2. The van der Waals surface area contributed by atoms with Gasteiger partial charge in [0.2, 0.25) is 6.79 Å². The van der Waals surface area contributed by atoms with Gasteiger partial charge < -0.3 is 14.2 Å². The van der Waals surface area contributed by atoms with Gasteiger partial charge in [-0.05, 0) is 63.1 Å². The van der Waals surface area contributed by atoms with E-state index >= 15 is 0 Å². The van der Waals surface area contributed by atoms with Crippen LogP contribution in [0.3, 0.4) is 0 Å². The van der Waals surface area contributed by atoms with Crippen LogP contribution < -0.4 is 14.2 Å². The van der Waals surface area contributed by atoms with Crippen molar-refractivity contribution < 1.29 is 23.8 Å². The van der Waals surface area contributed by atoms with Crippen LogP contribution in [0.25, 0.3) is 6.08 Å². The van der Waals surface area contributed by atoms with Crippen molar-refractivity contribution in [1.82, 2.24) is 4.90 Å². The van der Waals surface area contributed by atoms with Crippen LogP contribution >= 0.6 is 39.3 Å². The maximum Gasteiger partial charge on any atom is 0.293 e. The summed E-state index contributed by atoms with van der Waals surface area (Å²) in [5.41, 5.74) is 1.39. The first-order chi connectivity index (χ1) is 13.5. The third-order valence-electron chi connectivity index (χ3n) is 4.22. The number of thioether (sulfide) groups is 1. The fraction of sp³-hybridized carbons (Fsp3) is 0.158.